The number of nitrogens with zero attached hydrogens (tertiary/aromatic N) is 1. The van der Waals surface area contributed by atoms with Crippen LogP contribution in [-0.4, -0.2) is 10.1 Å². The van der Waals surface area contributed by atoms with E-state index < -0.39 is 20.8 Å². The minimum absolute atomic E-state index is 0.166. The van der Waals surface area contributed by atoms with Gasteiger partial charge in [-0.05, 0) is 32.9 Å². The molecule has 2 nitrogen and oxygen atoms in total. The van der Waals surface area contributed by atoms with Crippen LogP contribution in [-0.2, 0) is 26.3 Å². The average molecular weight is 413 g/mol. The van der Waals surface area contributed by atoms with Crippen LogP contribution in [0.4, 0.5) is 0 Å². The van der Waals surface area contributed by atoms with Gasteiger partial charge in [0.15, 0.2) is 0 Å². The molecular weight excluding hydrogens is 396 g/mol. The number of para-hydroxylation sites is 1. The molecular formula is C17H17Cl2NOZr. The predicted octanol–water partition coefficient (Wildman–Crippen LogP) is 5.48. The van der Waals surface area contributed by atoms with E-state index in [1.165, 1.54) is 11.1 Å². The van der Waals surface area contributed by atoms with Crippen LogP contribution in [0.5, 0.6) is 5.75 Å². The number of aromatic nitrogens is 1. The quantitative estimate of drug-likeness (QED) is 0.672. The van der Waals surface area contributed by atoms with Crippen molar-refractivity contribution in [2.24, 2.45) is 0 Å². The van der Waals surface area contributed by atoms with Crippen molar-refractivity contribution < 1.29 is 26.0 Å². The number of pyridine rings is 1. The summed E-state index contributed by atoms with van der Waals surface area (Å²) in [7, 11) is 9.87. The van der Waals surface area contributed by atoms with Gasteiger partial charge in [-0.15, -0.1) is 0 Å². The number of hydrogen-bond donors (Lipinski definition) is 1. The number of aromatic hydroxyl groups is 1. The average Bonchev–Trinajstić information content (AvgIpc) is 2.74. The number of phenolic OH excluding ortho intramolecular Hbond substituents is 1. The number of halogens is 2. The van der Waals surface area contributed by atoms with Crippen molar-refractivity contribution in [3.05, 3.63) is 59.3 Å². The Balaban J connectivity index is 0.000000545. The molecule has 1 aliphatic rings. The summed E-state index contributed by atoms with van der Waals surface area (Å²) in [5.74, 6) is 0.239. The predicted molar refractivity (Wildman–Crippen MR) is 90.0 cm³/mol. The van der Waals surface area contributed by atoms with Gasteiger partial charge >= 0.3 is 37.9 Å². The maximum atomic E-state index is 9.95. The van der Waals surface area contributed by atoms with E-state index in [-0.39, 0.29) is 11.2 Å². The molecule has 0 saturated heterocycles. The second-order valence-corrected chi connectivity index (χ2v) is 9.27. The van der Waals surface area contributed by atoms with Crippen molar-refractivity contribution in [3.8, 4) is 5.75 Å². The summed E-state index contributed by atoms with van der Waals surface area (Å²) in [4.78, 5) is 4.68. The summed E-state index contributed by atoms with van der Waals surface area (Å²) >= 11 is -0.826. The van der Waals surface area contributed by atoms with Gasteiger partial charge in [0.2, 0.25) is 0 Å². The summed E-state index contributed by atoms with van der Waals surface area (Å²) in [6.45, 7) is 6.40. The first-order valence-corrected chi connectivity index (χ1v) is 13.2. The number of hydrogen-bond acceptors (Lipinski definition) is 2. The second kappa shape index (κ2) is 7.30. The third-order valence-electron chi connectivity index (χ3n) is 4.01. The van der Waals surface area contributed by atoms with E-state index in [1.807, 2.05) is 24.3 Å². The number of benzene rings is 1. The molecule has 0 amide bonds. The van der Waals surface area contributed by atoms with Crippen molar-refractivity contribution >= 4 is 27.9 Å². The summed E-state index contributed by atoms with van der Waals surface area (Å²) in [5, 5.41) is 10.9. The summed E-state index contributed by atoms with van der Waals surface area (Å²) in [6, 6.07) is 9.56. The maximum absolute atomic E-state index is 9.95. The molecule has 0 fully saturated rings. The van der Waals surface area contributed by atoms with E-state index in [4.69, 9.17) is 17.0 Å². The molecule has 0 spiro atoms. The topological polar surface area (TPSA) is 33.1 Å². The van der Waals surface area contributed by atoms with Crippen LogP contribution in [0.15, 0.2) is 53.6 Å². The summed E-state index contributed by atoms with van der Waals surface area (Å²) < 4.78 is 0. The van der Waals surface area contributed by atoms with Gasteiger partial charge in [-0.1, -0.05) is 41.5 Å². The fourth-order valence-electron chi connectivity index (χ4n) is 2.80. The van der Waals surface area contributed by atoms with Crippen LogP contribution in [0.2, 0.25) is 0 Å². The van der Waals surface area contributed by atoms with Crippen molar-refractivity contribution in [1.82, 2.24) is 4.98 Å². The molecule has 1 aliphatic carbocycles. The molecule has 0 radical (unpaired) electrons. The van der Waals surface area contributed by atoms with Crippen LogP contribution >= 0.6 is 17.0 Å². The van der Waals surface area contributed by atoms with E-state index in [0.29, 0.717) is 5.52 Å². The van der Waals surface area contributed by atoms with Gasteiger partial charge in [0.25, 0.3) is 0 Å². The SMILES string of the molecule is CC1=CC(C)(c2ccc3cccc(O)c3n2)C(C)=C1.[Cl][Zr][Cl]. The second-order valence-electron chi connectivity index (χ2n) is 5.53. The van der Waals surface area contributed by atoms with Gasteiger partial charge in [0.1, 0.15) is 11.3 Å². The zero-order valence-electron chi connectivity index (χ0n) is 12.7. The summed E-state index contributed by atoms with van der Waals surface area (Å²) in [6.07, 6.45) is 4.42. The van der Waals surface area contributed by atoms with Crippen molar-refractivity contribution in [3.63, 3.8) is 0 Å². The molecule has 0 saturated carbocycles. The minimum atomic E-state index is -0.826. The molecule has 0 aliphatic heterocycles. The molecule has 2 aromatic rings. The molecule has 1 N–H and O–H groups in total. The fourth-order valence-corrected chi connectivity index (χ4v) is 2.80. The Bertz CT molecular complexity index is 757. The van der Waals surface area contributed by atoms with Gasteiger partial charge in [0.05, 0.1) is 5.69 Å². The number of rotatable bonds is 1. The Labute approximate surface area is 149 Å². The molecule has 114 valence electrons. The zero-order valence-corrected chi connectivity index (χ0v) is 16.7. The van der Waals surface area contributed by atoms with E-state index in [0.717, 1.165) is 11.1 Å². The Morgan fingerprint density at radius 2 is 1.82 bits per heavy atom. The third kappa shape index (κ3) is 3.48. The zero-order chi connectivity index (χ0) is 16.3. The van der Waals surface area contributed by atoms with Gasteiger partial charge < -0.3 is 5.11 Å². The normalized spacial score (nSPS) is 20.0. The van der Waals surface area contributed by atoms with Crippen LogP contribution in [0.1, 0.15) is 26.5 Å². The van der Waals surface area contributed by atoms with Crippen LogP contribution in [0.3, 0.4) is 0 Å². The Morgan fingerprint density at radius 1 is 1.14 bits per heavy atom. The standard InChI is InChI=1S/C17H17NO.2ClH.Zr/c1-11-9-12(2)17(3,10-11)15-8-7-13-5-4-6-14(19)16(13)18-15;;;/h4-10,19H,1-3H3;2*1H;/q;;;+2/p-2. The van der Waals surface area contributed by atoms with E-state index in [1.54, 1.807) is 6.07 Å². The van der Waals surface area contributed by atoms with Gasteiger partial charge in [-0.3, -0.25) is 0 Å². The Hall–Kier alpha value is -0.627. The van der Waals surface area contributed by atoms with Gasteiger partial charge in [-0.2, -0.15) is 0 Å². The number of phenols is 1. The van der Waals surface area contributed by atoms with Crippen LogP contribution in [0.25, 0.3) is 10.9 Å². The molecule has 1 unspecified atom stereocenters. The summed E-state index contributed by atoms with van der Waals surface area (Å²) in [5.41, 5.74) is 4.03. The van der Waals surface area contributed by atoms with Crippen LogP contribution < -0.4 is 0 Å². The monoisotopic (exact) mass is 411 g/mol. The van der Waals surface area contributed by atoms with Crippen molar-refractivity contribution in [1.29, 1.82) is 0 Å². The van der Waals surface area contributed by atoms with Crippen molar-refractivity contribution in [2.75, 3.05) is 0 Å². The van der Waals surface area contributed by atoms with Gasteiger partial charge in [-0.25, -0.2) is 4.98 Å². The molecule has 1 aromatic heterocycles. The molecule has 0 bridgehead atoms. The van der Waals surface area contributed by atoms with Gasteiger partial charge in [0, 0.05) is 10.8 Å². The molecule has 5 heteroatoms. The molecule has 1 aromatic carbocycles. The first-order valence-electron chi connectivity index (χ1n) is 6.86. The molecule has 1 atom stereocenters. The number of fused-ring (bicyclic) bond motifs is 1. The van der Waals surface area contributed by atoms with Crippen molar-refractivity contribution in [2.45, 2.75) is 26.2 Å². The Kier molecular flexibility index (Phi) is 5.88. The molecule has 3 rings (SSSR count). The van der Waals surface area contributed by atoms with E-state index in [9.17, 15) is 5.11 Å². The Morgan fingerprint density at radius 3 is 2.41 bits per heavy atom. The first-order chi connectivity index (χ1) is 10.4. The van der Waals surface area contributed by atoms with E-state index in [2.05, 4.69) is 37.9 Å². The third-order valence-corrected chi connectivity index (χ3v) is 4.01. The molecule has 22 heavy (non-hydrogen) atoms. The van der Waals surface area contributed by atoms with E-state index >= 15 is 0 Å². The fraction of sp³-hybridized carbons (Fsp3) is 0.235. The first kappa shape index (κ1) is 17.7. The van der Waals surface area contributed by atoms with Crippen LogP contribution in [0, 0.1) is 0 Å². The molecule has 1 heterocycles. The number of allylic oxidation sites excluding steroid dienone is 4.